The van der Waals surface area contributed by atoms with Gasteiger partial charge in [-0.1, -0.05) is 42.5 Å². The lowest BCUT2D eigenvalue weighted by Crippen LogP contribution is -2.55. The van der Waals surface area contributed by atoms with Crippen molar-refractivity contribution in [3.63, 3.8) is 0 Å². The summed E-state index contributed by atoms with van der Waals surface area (Å²) in [6, 6.07) is 20.7. The Morgan fingerprint density at radius 3 is 2.31 bits per heavy atom. The number of rotatable bonds is 11. The first-order valence-corrected chi connectivity index (χ1v) is 14.7. The third kappa shape index (κ3) is 6.80. The van der Waals surface area contributed by atoms with E-state index >= 15 is 0 Å². The number of methoxy groups -OCH3 is 1. The normalized spacial score (nSPS) is 13.2. The lowest BCUT2D eigenvalue weighted by atomic mass is 9.99. The second-order valence-corrected chi connectivity index (χ2v) is 11.3. The summed E-state index contributed by atoms with van der Waals surface area (Å²) in [5.74, 6) is -0.210. The van der Waals surface area contributed by atoms with Gasteiger partial charge in [0.05, 0.1) is 7.11 Å². The Labute approximate surface area is 251 Å². The highest BCUT2D eigenvalue weighted by atomic mass is 32.1. The van der Waals surface area contributed by atoms with Crippen molar-refractivity contribution in [2.24, 2.45) is 5.73 Å². The number of hydrogen-bond acceptors (Lipinski definition) is 6. The first kappa shape index (κ1) is 30.7. The number of hydrogen-bond donors (Lipinski definition) is 2. The number of benzene rings is 3. The molecular weight excluding hydrogens is 548 g/mol. The van der Waals surface area contributed by atoms with E-state index in [1.807, 2.05) is 66.9 Å². The maximum absolute atomic E-state index is 14.3. The van der Waals surface area contributed by atoms with Crippen molar-refractivity contribution in [3.8, 4) is 5.75 Å². The Hall–Kier alpha value is -4.21. The van der Waals surface area contributed by atoms with Crippen LogP contribution >= 0.6 is 11.3 Å². The molecule has 220 valence electrons. The molecule has 2 unspecified atom stereocenters. The molecule has 0 saturated heterocycles. The maximum Gasteiger partial charge on any atom is 0.254 e. The predicted octanol–water partition coefficient (Wildman–Crippen LogP) is 4.43. The van der Waals surface area contributed by atoms with Crippen LogP contribution in [0.1, 0.15) is 40.0 Å². The smallest absolute Gasteiger partial charge is 0.254 e. The SMILES string of the molecule is CNC(=O)C(Cc1ccc(OC)cc1)N(C)C(=O)[C@@H](Cc1csc2ccccc12)N(C)C(=O)c1cccc(C(C)N)c1. The fourth-order valence-corrected chi connectivity index (χ4v) is 6.01. The minimum atomic E-state index is -0.859. The molecule has 0 saturated carbocycles. The number of fused-ring (bicyclic) bond motifs is 1. The van der Waals surface area contributed by atoms with E-state index in [1.165, 1.54) is 9.80 Å². The van der Waals surface area contributed by atoms with Crippen LogP contribution < -0.4 is 15.8 Å². The van der Waals surface area contributed by atoms with E-state index in [1.54, 1.807) is 57.8 Å². The molecule has 3 atom stereocenters. The zero-order chi connectivity index (χ0) is 30.4. The lowest BCUT2D eigenvalue weighted by Gasteiger charge is -2.34. The minimum Gasteiger partial charge on any atom is -0.497 e. The van der Waals surface area contributed by atoms with Gasteiger partial charge < -0.3 is 25.6 Å². The van der Waals surface area contributed by atoms with Crippen LogP contribution in [-0.4, -0.2) is 67.9 Å². The zero-order valence-corrected chi connectivity index (χ0v) is 25.5. The second-order valence-electron chi connectivity index (χ2n) is 10.4. The average molecular weight is 587 g/mol. The summed E-state index contributed by atoms with van der Waals surface area (Å²) in [5, 5.41) is 5.78. The molecule has 4 aromatic rings. The Bertz CT molecular complexity index is 1550. The molecule has 8 nitrogen and oxygen atoms in total. The van der Waals surface area contributed by atoms with Gasteiger partial charge in [0.1, 0.15) is 17.8 Å². The van der Waals surface area contributed by atoms with Gasteiger partial charge in [-0.15, -0.1) is 11.3 Å². The summed E-state index contributed by atoms with van der Waals surface area (Å²) in [5.41, 5.74) is 9.20. The quantitative estimate of drug-likeness (QED) is 0.271. The van der Waals surface area contributed by atoms with E-state index in [2.05, 4.69) is 5.32 Å². The molecule has 1 aromatic heterocycles. The van der Waals surface area contributed by atoms with Crippen molar-refractivity contribution >= 4 is 39.1 Å². The van der Waals surface area contributed by atoms with Gasteiger partial charge in [0, 0.05) is 50.3 Å². The first-order valence-electron chi connectivity index (χ1n) is 13.8. The van der Waals surface area contributed by atoms with E-state index in [9.17, 15) is 14.4 Å². The number of nitrogens with zero attached hydrogens (tertiary/aromatic N) is 2. The summed E-state index contributed by atoms with van der Waals surface area (Å²) in [4.78, 5) is 44.2. The van der Waals surface area contributed by atoms with E-state index in [4.69, 9.17) is 10.5 Å². The van der Waals surface area contributed by atoms with Gasteiger partial charge in [-0.25, -0.2) is 0 Å². The summed E-state index contributed by atoms with van der Waals surface area (Å²) in [6.07, 6.45) is 0.597. The second kappa shape index (κ2) is 13.6. The maximum atomic E-state index is 14.3. The van der Waals surface area contributed by atoms with Crippen molar-refractivity contribution in [2.75, 3.05) is 28.3 Å². The van der Waals surface area contributed by atoms with Crippen LogP contribution in [-0.2, 0) is 22.4 Å². The standard InChI is InChI=1S/C33H38N4O4S/c1-21(34)23-9-8-10-24(18-23)32(39)37(4)29(19-25-20-42-30-12-7-6-11-27(25)30)33(40)36(3)28(31(38)35-2)17-22-13-15-26(41-5)16-14-22/h6-16,18,20-21,28-29H,17,19,34H2,1-5H3,(H,35,38)/t21?,28?,29-/m1/s1. The van der Waals surface area contributed by atoms with Crippen LogP contribution in [0.4, 0.5) is 0 Å². The molecule has 3 aromatic carbocycles. The highest BCUT2D eigenvalue weighted by Crippen LogP contribution is 2.28. The van der Waals surface area contributed by atoms with Gasteiger partial charge >= 0.3 is 0 Å². The average Bonchev–Trinajstić information content (AvgIpc) is 3.43. The fourth-order valence-electron chi connectivity index (χ4n) is 5.03. The van der Waals surface area contributed by atoms with Crippen molar-refractivity contribution in [2.45, 2.75) is 37.9 Å². The summed E-state index contributed by atoms with van der Waals surface area (Å²) in [6.45, 7) is 1.86. The Balaban J connectivity index is 1.69. The first-order chi connectivity index (χ1) is 20.1. The van der Waals surface area contributed by atoms with Crippen LogP contribution in [0.5, 0.6) is 5.75 Å². The summed E-state index contributed by atoms with van der Waals surface area (Å²) < 4.78 is 6.36. The molecule has 0 bridgehead atoms. The third-order valence-electron chi connectivity index (χ3n) is 7.66. The van der Waals surface area contributed by atoms with Crippen molar-refractivity contribution in [1.29, 1.82) is 0 Å². The van der Waals surface area contributed by atoms with Crippen LogP contribution in [0.2, 0.25) is 0 Å². The zero-order valence-electron chi connectivity index (χ0n) is 24.7. The van der Waals surface area contributed by atoms with Gasteiger partial charge in [0.2, 0.25) is 11.8 Å². The lowest BCUT2D eigenvalue weighted by molar-refractivity contribution is -0.142. The molecule has 3 amide bonds. The van der Waals surface area contributed by atoms with E-state index in [0.717, 1.165) is 26.8 Å². The molecular formula is C33H38N4O4S. The minimum absolute atomic E-state index is 0.241. The number of carbonyl (C=O) groups excluding carboxylic acids is 3. The molecule has 0 aliphatic rings. The monoisotopic (exact) mass is 586 g/mol. The van der Waals surface area contributed by atoms with Gasteiger partial charge in [-0.2, -0.15) is 0 Å². The number of ether oxygens (including phenoxy) is 1. The molecule has 0 spiro atoms. The van der Waals surface area contributed by atoms with Gasteiger partial charge in [0.25, 0.3) is 5.91 Å². The summed E-state index contributed by atoms with van der Waals surface area (Å²) >= 11 is 1.60. The topological polar surface area (TPSA) is 105 Å². The Morgan fingerprint density at radius 2 is 1.64 bits per heavy atom. The number of nitrogens with two attached hydrogens (primary N) is 1. The van der Waals surface area contributed by atoms with Crippen LogP contribution in [0.15, 0.2) is 78.2 Å². The highest BCUT2D eigenvalue weighted by molar-refractivity contribution is 7.17. The Morgan fingerprint density at radius 1 is 0.929 bits per heavy atom. The van der Waals surface area contributed by atoms with Crippen LogP contribution in [0.25, 0.3) is 10.1 Å². The van der Waals surface area contributed by atoms with E-state index in [0.29, 0.717) is 24.2 Å². The van der Waals surface area contributed by atoms with E-state index < -0.39 is 12.1 Å². The van der Waals surface area contributed by atoms with Crippen LogP contribution in [0, 0.1) is 0 Å². The molecule has 3 N–H and O–H groups in total. The molecule has 9 heteroatoms. The molecule has 0 aliphatic heterocycles. The van der Waals surface area contributed by atoms with Crippen molar-refractivity contribution in [3.05, 3.63) is 100 Å². The van der Waals surface area contributed by atoms with Crippen molar-refractivity contribution in [1.82, 2.24) is 15.1 Å². The Kier molecular flexibility index (Phi) is 9.98. The molecule has 0 radical (unpaired) electrons. The van der Waals surface area contributed by atoms with E-state index in [-0.39, 0.29) is 23.8 Å². The molecule has 4 rings (SSSR count). The number of nitrogens with one attached hydrogen (secondary N) is 1. The van der Waals surface area contributed by atoms with Crippen LogP contribution in [0.3, 0.4) is 0 Å². The summed E-state index contributed by atoms with van der Waals surface area (Å²) in [7, 11) is 6.41. The highest BCUT2D eigenvalue weighted by Gasteiger charge is 2.35. The number of likely N-dealkylation sites (N-methyl/N-ethyl adjacent to an activating group) is 3. The number of amides is 3. The van der Waals surface area contributed by atoms with Gasteiger partial charge in [0.15, 0.2) is 0 Å². The molecule has 1 heterocycles. The molecule has 42 heavy (non-hydrogen) atoms. The number of carbonyl (C=O) groups is 3. The third-order valence-corrected chi connectivity index (χ3v) is 8.67. The molecule has 0 aliphatic carbocycles. The largest absolute Gasteiger partial charge is 0.497 e. The van der Waals surface area contributed by atoms with Gasteiger partial charge in [-0.05, 0) is 64.7 Å². The van der Waals surface area contributed by atoms with Gasteiger partial charge in [-0.3, -0.25) is 14.4 Å². The van der Waals surface area contributed by atoms with Crippen molar-refractivity contribution < 1.29 is 19.1 Å². The fraction of sp³-hybridized carbons (Fsp3) is 0.303. The molecule has 0 fully saturated rings. The predicted molar refractivity (Wildman–Crippen MR) is 168 cm³/mol. The number of thiophene rings is 1.